The first-order valence-electron chi connectivity index (χ1n) is 6.74. The number of ether oxygens (including phenoxy) is 1. The maximum absolute atomic E-state index is 11.9. The number of hydrogen-bond acceptors (Lipinski definition) is 3. The number of hydrogen-bond donors (Lipinski definition) is 2. The smallest absolute Gasteiger partial charge is 0.237 e. The van der Waals surface area contributed by atoms with Gasteiger partial charge in [-0.15, -0.1) is 0 Å². The lowest BCUT2D eigenvalue weighted by atomic mass is 10.1. The molecular formula is C13H26N2O2. The molecule has 3 atom stereocenters. The van der Waals surface area contributed by atoms with E-state index in [1.54, 1.807) is 7.11 Å². The topological polar surface area (TPSA) is 50.4 Å². The highest BCUT2D eigenvalue weighted by Crippen LogP contribution is 2.10. The molecule has 0 aromatic carbocycles. The zero-order valence-corrected chi connectivity index (χ0v) is 11.3. The van der Waals surface area contributed by atoms with Crippen molar-refractivity contribution in [1.82, 2.24) is 10.6 Å². The predicted octanol–water partition coefficient (Wildman–Crippen LogP) is 1.45. The van der Waals surface area contributed by atoms with E-state index in [1.165, 1.54) is 19.3 Å². The number of carbonyl (C=O) groups is 1. The van der Waals surface area contributed by atoms with Gasteiger partial charge in [0.2, 0.25) is 5.91 Å². The van der Waals surface area contributed by atoms with Gasteiger partial charge >= 0.3 is 0 Å². The van der Waals surface area contributed by atoms with E-state index in [2.05, 4.69) is 24.5 Å². The van der Waals surface area contributed by atoms with Crippen LogP contribution in [0.25, 0.3) is 0 Å². The molecule has 3 unspecified atom stereocenters. The molecule has 1 aliphatic heterocycles. The first kappa shape index (κ1) is 14.5. The second-order valence-corrected chi connectivity index (χ2v) is 4.96. The SMILES string of the molecule is CCCCCC(C)NC(=O)C1CC(OC)CN1. The third kappa shape index (κ3) is 5.04. The van der Waals surface area contributed by atoms with Crippen LogP contribution in [0.4, 0.5) is 0 Å². The quantitative estimate of drug-likeness (QED) is 0.664. The van der Waals surface area contributed by atoms with Gasteiger partial charge in [0.1, 0.15) is 0 Å². The second kappa shape index (κ2) is 7.67. The summed E-state index contributed by atoms with van der Waals surface area (Å²) < 4.78 is 5.23. The van der Waals surface area contributed by atoms with Gasteiger partial charge in [0.05, 0.1) is 12.1 Å². The summed E-state index contributed by atoms with van der Waals surface area (Å²) in [6.07, 6.45) is 5.69. The van der Waals surface area contributed by atoms with Crippen LogP contribution in [-0.2, 0) is 9.53 Å². The fraction of sp³-hybridized carbons (Fsp3) is 0.923. The first-order chi connectivity index (χ1) is 8.17. The second-order valence-electron chi connectivity index (χ2n) is 4.96. The van der Waals surface area contributed by atoms with Crippen molar-refractivity contribution in [2.75, 3.05) is 13.7 Å². The Bertz CT molecular complexity index is 233. The zero-order chi connectivity index (χ0) is 12.7. The standard InChI is InChI=1S/C13H26N2O2/c1-4-5-6-7-10(2)15-13(16)12-8-11(17-3)9-14-12/h10-12,14H,4-9H2,1-3H3,(H,15,16). The van der Waals surface area contributed by atoms with Gasteiger partial charge in [-0.1, -0.05) is 26.2 Å². The van der Waals surface area contributed by atoms with Gasteiger partial charge in [0, 0.05) is 19.7 Å². The van der Waals surface area contributed by atoms with E-state index in [0.29, 0.717) is 0 Å². The molecule has 1 saturated heterocycles. The molecule has 1 heterocycles. The Kier molecular flexibility index (Phi) is 6.52. The van der Waals surface area contributed by atoms with Crippen LogP contribution in [-0.4, -0.2) is 37.7 Å². The van der Waals surface area contributed by atoms with Crippen molar-refractivity contribution >= 4 is 5.91 Å². The predicted molar refractivity (Wildman–Crippen MR) is 69.0 cm³/mol. The minimum atomic E-state index is -0.0754. The molecule has 4 nitrogen and oxygen atoms in total. The molecule has 0 saturated carbocycles. The normalized spacial score (nSPS) is 25.8. The van der Waals surface area contributed by atoms with Crippen LogP contribution in [0.1, 0.15) is 46.0 Å². The van der Waals surface area contributed by atoms with Crippen LogP contribution in [0, 0.1) is 0 Å². The maximum atomic E-state index is 11.9. The monoisotopic (exact) mass is 242 g/mol. The average Bonchev–Trinajstić information content (AvgIpc) is 2.78. The molecular weight excluding hydrogens is 216 g/mol. The van der Waals surface area contributed by atoms with E-state index in [9.17, 15) is 4.79 Å². The molecule has 4 heteroatoms. The fourth-order valence-corrected chi connectivity index (χ4v) is 2.20. The van der Waals surface area contributed by atoms with Crippen molar-refractivity contribution in [2.24, 2.45) is 0 Å². The molecule has 0 spiro atoms. The van der Waals surface area contributed by atoms with Crippen molar-refractivity contribution in [3.8, 4) is 0 Å². The summed E-state index contributed by atoms with van der Waals surface area (Å²) in [6.45, 7) is 5.05. The summed E-state index contributed by atoms with van der Waals surface area (Å²) in [5.74, 6) is 0.119. The Morgan fingerprint density at radius 3 is 2.88 bits per heavy atom. The average molecular weight is 242 g/mol. The lowest BCUT2D eigenvalue weighted by Crippen LogP contribution is -2.44. The summed E-state index contributed by atoms with van der Waals surface area (Å²) >= 11 is 0. The maximum Gasteiger partial charge on any atom is 0.237 e. The Morgan fingerprint density at radius 2 is 2.29 bits per heavy atom. The molecule has 1 rings (SSSR count). The minimum Gasteiger partial charge on any atom is -0.380 e. The van der Waals surface area contributed by atoms with Gasteiger partial charge < -0.3 is 15.4 Å². The fourth-order valence-electron chi connectivity index (χ4n) is 2.20. The van der Waals surface area contributed by atoms with Gasteiger partial charge in [0.15, 0.2) is 0 Å². The van der Waals surface area contributed by atoms with Crippen molar-refractivity contribution in [3.05, 3.63) is 0 Å². The van der Waals surface area contributed by atoms with Crippen LogP contribution in [0.5, 0.6) is 0 Å². The highest BCUT2D eigenvalue weighted by molar-refractivity contribution is 5.82. The molecule has 1 aliphatic rings. The van der Waals surface area contributed by atoms with E-state index in [4.69, 9.17) is 4.74 Å². The minimum absolute atomic E-state index is 0.0754. The summed E-state index contributed by atoms with van der Waals surface area (Å²) in [5.41, 5.74) is 0. The number of amides is 1. The molecule has 0 aliphatic carbocycles. The van der Waals surface area contributed by atoms with E-state index < -0.39 is 0 Å². The number of carbonyl (C=O) groups excluding carboxylic acids is 1. The van der Waals surface area contributed by atoms with Gasteiger partial charge in [-0.25, -0.2) is 0 Å². The van der Waals surface area contributed by atoms with E-state index in [-0.39, 0.29) is 24.1 Å². The van der Waals surface area contributed by atoms with E-state index in [0.717, 1.165) is 19.4 Å². The van der Waals surface area contributed by atoms with Gasteiger partial charge in [0.25, 0.3) is 0 Å². The third-order valence-corrected chi connectivity index (χ3v) is 3.37. The number of nitrogens with one attached hydrogen (secondary N) is 2. The van der Waals surface area contributed by atoms with Crippen LogP contribution in [0.2, 0.25) is 0 Å². The van der Waals surface area contributed by atoms with Gasteiger partial charge in [-0.05, 0) is 19.8 Å². The Balaban J connectivity index is 2.20. The molecule has 0 radical (unpaired) electrons. The van der Waals surface area contributed by atoms with Crippen LogP contribution in [0.3, 0.4) is 0 Å². The van der Waals surface area contributed by atoms with Crippen LogP contribution in [0.15, 0.2) is 0 Å². The number of methoxy groups -OCH3 is 1. The van der Waals surface area contributed by atoms with Crippen LogP contribution < -0.4 is 10.6 Å². The molecule has 1 amide bonds. The van der Waals surface area contributed by atoms with Crippen molar-refractivity contribution in [1.29, 1.82) is 0 Å². The molecule has 1 fully saturated rings. The summed E-state index contributed by atoms with van der Waals surface area (Å²) in [7, 11) is 1.69. The Morgan fingerprint density at radius 1 is 1.53 bits per heavy atom. The summed E-state index contributed by atoms with van der Waals surface area (Å²) in [4.78, 5) is 11.9. The molecule has 2 N–H and O–H groups in total. The van der Waals surface area contributed by atoms with Crippen LogP contribution >= 0.6 is 0 Å². The molecule has 100 valence electrons. The van der Waals surface area contributed by atoms with E-state index >= 15 is 0 Å². The largest absolute Gasteiger partial charge is 0.380 e. The lowest BCUT2D eigenvalue weighted by Gasteiger charge is -2.17. The van der Waals surface area contributed by atoms with Crippen molar-refractivity contribution in [2.45, 2.75) is 64.1 Å². The molecule has 0 aromatic heterocycles. The zero-order valence-electron chi connectivity index (χ0n) is 11.3. The number of rotatable bonds is 7. The Hall–Kier alpha value is -0.610. The Labute approximate surface area is 104 Å². The van der Waals surface area contributed by atoms with E-state index in [1.807, 2.05) is 0 Å². The molecule has 0 bridgehead atoms. The van der Waals surface area contributed by atoms with Gasteiger partial charge in [-0.3, -0.25) is 4.79 Å². The third-order valence-electron chi connectivity index (χ3n) is 3.37. The number of unbranched alkanes of at least 4 members (excludes halogenated alkanes) is 2. The highest BCUT2D eigenvalue weighted by Gasteiger charge is 2.29. The summed E-state index contributed by atoms with van der Waals surface area (Å²) in [6, 6.07) is 0.200. The molecule has 17 heavy (non-hydrogen) atoms. The molecule has 0 aromatic rings. The van der Waals surface area contributed by atoms with Gasteiger partial charge in [-0.2, -0.15) is 0 Å². The first-order valence-corrected chi connectivity index (χ1v) is 6.74. The lowest BCUT2D eigenvalue weighted by molar-refractivity contribution is -0.123. The summed E-state index contributed by atoms with van der Waals surface area (Å²) in [5, 5.41) is 6.26. The van der Waals surface area contributed by atoms with Crippen molar-refractivity contribution < 1.29 is 9.53 Å². The van der Waals surface area contributed by atoms with Crippen molar-refractivity contribution in [3.63, 3.8) is 0 Å². The highest BCUT2D eigenvalue weighted by atomic mass is 16.5.